The van der Waals surface area contributed by atoms with E-state index < -0.39 is 97.6 Å². The first kappa shape index (κ1) is 101. The monoisotopic (exact) mass is 1830 g/mol. The van der Waals surface area contributed by atoms with Gasteiger partial charge in [0.2, 0.25) is 0 Å². The van der Waals surface area contributed by atoms with Crippen LogP contribution in [-0.4, -0.2) is 99.3 Å². The van der Waals surface area contributed by atoms with Crippen molar-refractivity contribution >= 4 is 103 Å². The van der Waals surface area contributed by atoms with Crippen LogP contribution in [0.2, 0.25) is 0 Å². The number of esters is 10. The molecule has 2 unspecified atom stereocenters. The summed E-state index contributed by atoms with van der Waals surface area (Å²) in [4.78, 5) is 133. The van der Waals surface area contributed by atoms with Gasteiger partial charge in [-0.3, -0.25) is 19.2 Å². The van der Waals surface area contributed by atoms with Crippen LogP contribution in [0.25, 0.3) is 0 Å². The zero-order valence-corrected chi connectivity index (χ0v) is 77.6. The first-order valence-corrected chi connectivity index (χ1v) is 47.3. The first-order chi connectivity index (χ1) is 62.8. The standard InChI is InChI=1S/C28H29O6S.C27H27O6S.C26H27O4S.C25H25O4S/c1-4-28(2,3)27(31)33-19-25(29)32-20-26(30)34-21-15-17-24(18-16-21)35(22-11-7-5-8-12-22)23-13-9-6-10-14-23;1-3-20(2)27(30)32-18-25(28)31-19-26(29)33-21-14-16-24(17-15-21)34(22-10-6-4-7-11-22)23-12-8-5-9-13-23;1-4-26(2,3)25(28)29-19-24(27)30-20-15-17-23(18-16-20)31(21-11-7-5-8-12-21)22-13-9-6-10-14-22;1-3-19(2)25(27)28-18-24(26)29-20-14-16-23(17-15-20)30(21-10-6-4-7-11-21)22-12-8-5-9-13-22/h5-18H,4,19-20H2,1-3H3;4-17,20H,3,18-19H2,1-2H3;5-18H,4,19H2,1-3H3;4-17,19H,3,18H2,1-2H3/q4*+1. The lowest BCUT2D eigenvalue weighted by Gasteiger charge is -2.19. The Morgan fingerprint density at radius 2 is 0.385 bits per heavy atom. The largest absolute Gasteiger partial charge is 0.453 e. The average Bonchev–Trinajstić information content (AvgIpc) is 0.825. The summed E-state index contributed by atoms with van der Waals surface area (Å²) in [6.45, 7) is 15.0. The normalized spacial score (nSPS) is 11.4. The Balaban J connectivity index is 0.000000196. The molecular formula is C106H108O20S4+4. The maximum Gasteiger partial charge on any atom is 0.349 e. The van der Waals surface area contributed by atoms with Gasteiger partial charge in [0.05, 0.1) is 66.2 Å². The molecule has 12 rings (SSSR count). The molecule has 672 valence electrons. The summed E-state index contributed by atoms with van der Waals surface area (Å²) in [5, 5.41) is 0. The van der Waals surface area contributed by atoms with Crippen LogP contribution in [0, 0.1) is 22.7 Å². The van der Waals surface area contributed by atoms with Gasteiger partial charge in [0.15, 0.2) is 98.4 Å². The van der Waals surface area contributed by atoms with Crippen LogP contribution in [0.5, 0.6) is 23.0 Å². The number of hydrogen-bond acceptors (Lipinski definition) is 20. The number of hydrogen-bond donors (Lipinski definition) is 0. The average molecular weight is 1830 g/mol. The van der Waals surface area contributed by atoms with Crippen LogP contribution in [0.15, 0.2) is 398 Å². The summed E-state index contributed by atoms with van der Waals surface area (Å²) in [5.74, 6) is -5.03. The molecule has 2 atom stereocenters. The molecule has 12 aromatic carbocycles. The third-order valence-electron chi connectivity index (χ3n) is 19.9. The molecule has 0 heterocycles. The second-order valence-corrected chi connectivity index (χ2v) is 38.4. The molecular weight excluding hydrogens is 1720 g/mol. The van der Waals surface area contributed by atoms with Crippen molar-refractivity contribution in [2.45, 2.75) is 154 Å². The lowest BCUT2D eigenvalue weighted by Crippen LogP contribution is -2.29. The highest BCUT2D eigenvalue weighted by Crippen LogP contribution is 2.37. The van der Waals surface area contributed by atoms with Crippen LogP contribution in [-0.2, 0) is 120 Å². The summed E-state index contributed by atoms with van der Waals surface area (Å²) in [6, 6.07) is 112. The van der Waals surface area contributed by atoms with E-state index in [2.05, 4.69) is 97.1 Å². The van der Waals surface area contributed by atoms with E-state index in [0.717, 1.165) is 19.6 Å². The van der Waals surface area contributed by atoms with Gasteiger partial charge in [0.1, 0.15) is 23.0 Å². The minimum atomic E-state index is -0.813. The molecule has 12 aromatic rings. The van der Waals surface area contributed by atoms with Crippen molar-refractivity contribution in [2.75, 3.05) is 39.6 Å². The number of carbonyl (C=O) groups is 10. The molecule has 0 aliphatic heterocycles. The van der Waals surface area contributed by atoms with Gasteiger partial charge in [0.25, 0.3) is 0 Å². The van der Waals surface area contributed by atoms with Gasteiger partial charge in [-0.25, -0.2) is 28.8 Å². The summed E-state index contributed by atoms with van der Waals surface area (Å²) in [7, 11) is -1.14. The third-order valence-corrected chi connectivity index (χ3v) is 28.8. The van der Waals surface area contributed by atoms with Crippen LogP contribution < -0.4 is 18.9 Å². The van der Waals surface area contributed by atoms with Crippen LogP contribution in [0.3, 0.4) is 0 Å². The molecule has 0 amide bonds. The summed E-state index contributed by atoms with van der Waals surface area (Å²) in [6.07, 6.45) is 2.48. The Hall–Kier alpha value is -13.3. The van der Waals surface area contributed by atoms with Gasteiger partial charge >= 0.3 is 59.7 Å². The molecule has 0 bridgehead atoms. The Morgan fingerprint density at radius 1 is 0.223 bits per heavy atom. The molecule has 0 N–H and O–H groups in total. The molecule has 0 aromatic heterocycles. The lowest BCUT2D eigenvalue weighted by atomic mass is 9.91. The molecule has 20 nitrogen and oxygen atoms in total. The summed E-state index contributed by atoms with van der Waals surface area (Å²) >= 11 is 0. The van der Waals surface area contributed by atoms with Crippen LogP contribution >= 0.6 is 0 Å². The highest BCUT2D eigenvalue weighted by Gasteiger charge is 2.35. The fourth-order valence-corrected chi connectivity index (χ4v) is 19.8. The maximum absolute atomic E-state index is 12.1. The molecule has 0 saturated carbocycles. The zero-order valence-electron chi connectivity index (χ0n) is 74.4. The number of ether oxygens (including phenoxy) is 10. The van der Waals surface area contributed by atoms with Gasteiger partial charge in [-0.2, -0.15) is 0 Å². The molecule has 0 aliphatic carbocycles. The fraction of sp³-hybridized carbons (Fsp3) is 0.226. The van der Waals surface area contributed by atoms with Crippen molar-refractivity contribution in [1.82, 2.24) is 0 Å². The number of benzene rings is 12. The molecule has 0 radical (unpaired) electrons. The Labute approximate surface area is 772 Å². The topological polar surface area (TPSA) is 263 Å². The third kappa shape index (κ3) is 32.2. The summed E-state index contributed by atoms with van der Waals surface area (Å²) in [5.41, 5.74) is -1.31. The van der Waals surface area contributed by atoms with Crippen molar-refractivity contribution in [3.63, 3.8) is 0 Å². The lowest BCUT2D eigenvalue weighted by molar-refractivity contribution is -0.166. The van der Waals surface area contributed by atoms with Gasteiger partial charge < -0.3 is 47.4 Å². The van der Waals surface area contributed by atoms with Gasteiger partial charge in [0, 0.05) is 0 Å². The van der Waals surface area contributed by atoms with Crippen molar-refractivity contribution in [1.29, 1.82) is 0 Å². The van der Waals surface area contributed by atoms with Crippen molar-refractivity contribution in [2.24, 2.45) is 22.7 Å². The Morgan fingerprint density at radius 3 is 0.569 bits per heavy atom. The summed E-state index contributed by atoms with van der Waals surface area (Å²) < 4.78 is 50.8. The van der Waals surface area contributed by atoms with E-state index in [9.17, 15) is 47.9 Å². The predicted octanol–water partition coefficient (Wildman–Crippen LogP) is 21.0. The van der Waals surface area contributed by atoms with Crippen LogP contribution in [0.1, 0.15) is 94.9 Å². The van der Waals surface area contributed by atoms with E-state index in [1.165, 1.54) is 39.2 Å². The van der Waals surface area contributed by atoms with E-state index in [4.69, 9.17) is 47.4 Å². The minimum absolute atomic E-state index is 0.231. The molecule has 0 saturated heterocycles. The number of rotatable bonds is 36. The molecule has 0 spiro atoms. The van der Waals surface area contributed by atoms with E-state index in [-0.39, 0.29) is 68.0 Å². The predicted molar refractivity (Wildman–Crippen MR) is 501 cm³/mol. The maximum atomic E-state index is 12.1. The highest BCUT2D eigenvalue weighted by atomic mass is 32.2. The molecule has 24 heteroatoms. The minimum Gasteiger partial charge on any atom is -0.453 e. The molecule has 130 heavy (non-hydrogen) atoms. The van der Waals surface area contributed by atoms with E-state index >= 15 is 0 Å². The van der Waals surface area contributed by atoms with Gasteiger partial charge in [-0.15, -0.1) is 0 Å². The van der Waals surface area contributed by atoms with E-state index in [1.54, 1.807) is 90.1 Å². The first-order valence-electron chi connectivity index (χ1n) is 42.4. The molecule has 0 aliphatic rings. The second-order valence-electron chi connectivity index (χ2n) is 30.3. The van der Waals surface area contributed by atoms with E-state index in [0.29, 0.717) is 48.7 Å². The highest BCUT2D eigenvalue weighted by molar-refractivity contribution is 7.98. The fourth-order valence-electron chi connectivity index (χ4n) is 11.5. The Bertz CT molecular complexity index is 5390. The molecule has 0 fully saturated rings. The van der Waals surface area contributed by atoms with Crippen molar-refractivity contribution in [3.05, 3.63) is 340 Å². The SMILES string of the molecule is CCC(C)(C)C(=O)OCC(=O)OCC(=O)Oc1ccc([S+](c2ccccc2)c2ccccc2)cc1.CCC(C)(C)C(=O)OCC(=O)Oc1ccc([S+](c2ccccc2)c2ccccc2)cc1.CCC(C)C(=O)OCC(=O)OCC(=O)Oc1ccc([S+](c2ccccc2)c2ccccc2)cc1.CCC(C)C(=O)OCC(=O)Oc1ccc([S+](c2ccccc2)c2ccccc2)cc1. The van der Waals surface area contributed by atoms with Gasteiger partial charge in [-0.1, -0.05) is 187 Å². The van der Waals surface area contributed by atoms with Crippen LogP contribution in [0.4, 0.5) is 0 Å². The van der Waals surface area contributed by atoms with Crippen molar-refractivity contribution in [3.8, 4) is 23.0 Å². The smallest absolute Gasteiger partial charge is 0.349 e. The number of carbonyl (C=O) groups excluding carboxylic acids is 10. The van der Waals surface area contributed by atoms with Gasteiger partial charge in [-0.05, 0) is 248 Å². The van der Waals surface area contributed by atoms with E-state index in [1.807, 2.05) is 222 Å². The second kappa shape index (κ2) is 52.3. The zero-order chi connectivity index (χ0) is 93.2. The van der Waals surface area contributed by atoms with Crippen molar-refractivity contribution < 1.29 is 95.3 Å². The quantitative estimate of drug-likeness (QED) is 0.0153. The Kier molecular flexibility index (Phi) is 40.4.